The molecule has 2 rings (SSSR count). The number of cyclic esters (lactones) is 2. The zero-order chi connectivity index (χ0) is 15.6. The first kappa shape index (κ1) is 14.8. The second-order valence-electron chi connectivity index (χ2n) is 4.73. The van der Waals surface area contributed by atoms with Crippen molar-refractivity contribution in [1.82, 2.24) is 0 Å². The smallest absolute Gasteiger partial charge is 0.350 e. The quantitative estimate of drug-likeness (QED) is 0.522. The molecule has 1 saturated heterocycles. The number of carbonyl (C=O) groups excluding carboxylic acids is 2. The van der Waals surface area contributed by atoms with Crippen molar-refractivity contribution in [2.45, 2.75) is 19.6 Å². The zero-order valence-corrected chi connectivity index (χ0v) is 11.7. The van der Waals surface area contributed by atoms with Crippen LogP contribution in [0.15, 0.2) is 30.0 Å². The molecule has 1 aliphatic heterocycles. The van der Waals surface area contributed by atoms with E-state index in [4.69, 9.17) is 14.2 Å². The summed E-state index contributed by atoms with van der Waals surface area (Å²) in [6.07, 6.45) is 1.05. The van der Waals surface area contributed by atoms with Gasteiger partial charge in [0.05, 0.1) is 12.8 Å². The van der Waals surface area contributed by atoms with E-state index in [-0.39, 0.29) is 11.3 Å². The van der Waals surface area contributed by atoms with Gasteiger partial charge in [-0.1, -0.05) is 0 Å². The number of halogens is 1. The lowest BCUT2D eigenvalue weighted by atomic mass is 10.2. The summed E-state index contributed by atoms with van der Waals surface area (Å²) in [4.78, 5) is 23.4. The lowest BCUT2D eigenvalue weighted by molar-refractivity contribution is -0.222. The van der Waals surface area contributed by atoms with Crippen LogP contribution in [0, 0.1) is 5.82 Å². The summed E-state index contributed by atoms with van der Waals surface area (Å²) in [6.45, 7) is 2.88. The van der Waals surface area contributed by atoms with Crippen molar-refractivity contribution < 1.29 is 28.2 Å². The van der Waals surface area contributed by atoms with E-state index in [9.17, 15) is 14.0 Å². The number of esters is 2. The molecule has 1 aromatic carbocycles. The van der Waals surface area contributed by atoms with Gasteiger partial charge in [-0.3, -0.25) is 0 Å². The molecule has 1 heterocycles. The molecule has 0 saturated carbocycles. The molecule has 0 radical (unpaired) electrons. The highest BCUT2D eigenvalue weighted by atomic mass is 19.1. The molecule has 0 unspecified atom stereocenters. The Bertz CT molecular complexity index is 602. The van der Waals surface area contributed by atoms with E-state index in [0.29, 0.717) is 5.75 Å². The van der Waals surface area contributed by atoms with Gasteiger partial charge in [-0.25, -0.2) is 14.0 Å². The number of nitrogens with one attached hydrogen (secondary N) is 1. The van der Waals surface area contributed by atoms with Gasteiger partial charge < -0.3 is 19.5 Å². The Hall–Kier alpha value is -2.57. The molecule has 1 aliphatic rings. The van der Waals surface area contributed by atoms with Gasteiger partial charge in [-0.2, -0.15) is 0 Å². The molecule has 21 heavy (non-hydrogen) atoms. The molecule has 1 fully saturated rings. The third-order valence-corrected chi connectivity index (χ3v) is 2.67. The minimum absolute atomic E-state index is 0.0775. The summed E-state index contributed by atoms with van der Waals surface area (Å²) in [7, 11) is 1.42. The second kappa shape index (κ2) is 5.43. The second-order valence-corrected chi connectivity index (χ2v) is 4.73. The van der Waals surface area contributed by atoms with Crippen molar-refractivity contribution in [3.05, 3.63) is 35.8 Å². The number of hydrogen-bond donors (Lipinski definition) is 1. The predicted molar refractivity (Wildman–Crippen MR) is 70.9 cm³/mol. The van der Waals surface area contributed by atoms with Crippen LogP contribution >= 0.6 is 0 Å². The molecule has 1 N–H and O–H groups in total. The minimum Gasteiger partial charge on any atom is -0.497 e. The highest BCUT2D eigenvalue weighted by Gasteiger charge is 2.38. The molecule has 0 aromatic heterocycles. The van der Waals surface area contributed by atoms with Crippen molar-refractivity contribution in [1.29, 1.82) is 0 Å². The molecule has 0 atom stereocenters. The van der Waals surface area contributed by atoms with Crippen LogP contribution in [0.25, 0.3) is 0 Å². The number of hydrogen-bond acceptors (Lipinski definition) is 6. The van der Waals surface area contributed by atoms with Gasteiger partial charge in [0, 0.05) is 26.1 Å². The van der Waals surface area contributed by atoms with E-state index in [1.807, 2.05) is 0 Å². The van der Waals surface area contributed by atoms with Crippen molar-refractivity contribution in [3.63, 3.8) is 0 Å². The monoisotopic (exact) mass is 295 g/mol. The highest BCUT2D eigenvalue weighted by molar-refractivity contribution is 6.15. The molecule has 0 spiro atoms. The van der Waals surface area contributed by atoms with Crippen molar-refractivity contribution >= 4 is 17.6 Å². The molecule has 0 amide bonds. The third kappa shape index (κ3) is 3.31. The van der Waals surface area contributed by atoms with E-state index >= 15 is 0 Å². The molecule has 112 valence electrons. The van der Waals surface area contributed by atoms with Crippen LogP contribution in [0.4, 0.5) is 10.1 Å². The summed E-state index contributed by atoms with van der Waals surface area (Å²) in [5, 5.41) is 2.53. The van der Waals surface area contributed by atoms with Crippen LogP contribution in [-0.2, 0) is 19.1 Å². The number of carbonyl (C=O) groups is 2. The van der Waals surface area contributed by atoms with E-state index < -0.39 is 23.5 Å². The number of ether oxygens (including phenoxy) is 3. The van der Waals surface area contributed by atoms with E-state index in [0.717, 1.165) is 6.20 Å². The Morgan fingerprint density at radius 3 is 2.38 bits per heavy atom. The number of rotatable bonds is 3. The zero-order valence-electron chi connectivity index (χ0n) is 11.7. The normalized spacial score (nSPS) is 16.9. The fourth-order valence-corrected chi connectivity index (χ4v) is 1.67. The Balaban J connectivity index is 2.18. The maximum atomic E-state index is 13.7. The summed E-state index contributed by atoms with van der Waals surface area (Å²) in [5.74, 6) is -3.22. The minimum atomic E-state index is -1.31. The van der Waals surface area contributed by atoms with Gasteiger partial charge in [0.25, 0.3) is 5.79 Å². The van der Waals surface area contributed by atoms with Crippen LogP contribution < -0.4 is 10.1 Å². The highest BCUT2D eigenvalue weighted by Crippen LogP contribution is 2.24. The number of methoxy groups -OCH3 is 1. The van der Waals surface area contributed by atoms with Crippen molar-refractivity contribution in [2.24, 2.45) is 0 Å². The van der Waals surface area contributed by atoms with Gasteiger partial charge >= 0.3 is 11.9 Å². The van der Waals surface area contributed by atoms with Gasteiger partial charge in [-0.15, -0.1) is 0 Å². The maximum Gasteiger partial charge on any atom is 0.350 e. The van der Waals surface area contributed by atoms with Crippen molar-refractivity contribution in [2.75, 3.05) is 12.4 Å². The standard InChI is InChI=1S/C14H14FNO5/c1-14(2)20-12(17)9(13(18)21-14)7-16-11-5-4-8(19-3)6-10(11)15/h4-7,16H,1-3H3. The fourth-order valence-electron chi connectivity index (χ4n) is 1.67. The van der Waals surface area contributed by atoms with Gasteiger partial charge in [0.2, 0.25) is 0 Å². The molecule has 6 nitrogen and oxygen atoms in total. The van der Waals surface area contributed by atoms with E-state index in [2.05, 4.69) is 5.32 Å². The van der Waals surface area contributed by atoms with E-state index in [1.165, 1.54) is 39.2 Å². The molecular weight excluding hydrogens is 281 g/mol. The molecule has 1 aromatic rings. The lowest BCUT2D eigenvalue weighted by Crippen LogP contribution is -2.42. The first-order valence-electron chi connectivity index (χ1n) is 6.09. The van der Waals surface area contributed by atoms with Gasteiger partial charge in [-0.05, 0) is 12.1 Å². The van der Waals surface area contributed by atoms with Crippen LogP contribution in [-0.4, -0.2) is 24.8 Å². The molecule has 0 aliphatic carbocycles. The van der Waals surface area contributed by atoms with Crippen molar-refractivity contribution in [3.8, 4) is 5.75 Å². The summed E-state index contributed by atoms with van der Waals surface area (Å²) >= 11 is 0. The predicted octanol–water partition coefficient (Wildman–Crippen LogP) is 1.97. The molecule has 0 bridgehead atoms. The maximum absolute atomic E-state index is 13.7. The van der Waals surface area contributed by atoms with Crippen LogP contribution in [0.2, 0.25) is 0 Å². The van der Waals surface area contributed by atoms with Crippen LogP contribution in [0.1, 0.15) is 13.8 Å². The Labute approximate surface area is 120 Å². The Morgan fingerprint density at radius 2 is 1.86 bits per heavy atom. The summed E-state index contributed by atoms with van der Waals surface area (Å²) < 4.78 is 28.4. The SMILES string of the molecule is COc1ccc(NC=C2C(=O)OC(C)(C)OC2=O)c(F)c1. The van der Waals surface area contributed by atoms with Gasteiger partial charge in [0.1, 0.15) is 11.6 Å². The van der Waals surface area contributed by atoms with E-state index in [1.54, 1.807) is 0 Å². The first-order chi connectivity index (χ1) is 9.82. The summed E-state index contributed by atoms with van der Waals surface area (Å²) in [6, 6.07) is 4.11. The van der Waals surface area contributed by atoms with Gasteiger partial charge in [0.15, 0.2) is 5.57 Å². The average Bonchev–Trinajstić information content (AvgIpc) is 2.37. The van der Waals surface area contributed by atoms with Crippen LogP contribution in [0.5, 0.6) is 5.75 Å². The number of benzene rings is 1. The largest absolute Gasteiger partial charge is 0.497 e. The number of anilines is 1. The topological polar surface area (TPSA) is 73.9 Å². The lowest BCUT2D eigenvalue weighted by Gasteiger charge is -2.29. The Morgan fingerprint density at radius 1 is 1.24 bits per heavy atom. The fraction of sp³-hybridized carbons (Fsp3) is 0.286. The summed E-state index contributed by atoms with van der Waals surface area (Å²) in [5.41, 5.74) is -0.265. The first-order valence-corrected chi connectivity index (χ1v) is 6.09. The third-order valence-electron chi connectivity index (χ3n) is 2.67. The Kier molecular flexibility index (Phi) is 3.84. The molecular formula is C14H14FNO5. The average molecular weight is 295 g/mol. The molecule has 7 heteroatoms. The van der Waals surface area contributed by atoms with Crippen LogP contribution in [0.3, 0.4) is 0 Å².